The lowest BCUT2D eigenvalue weighted by Gasteiger charge is -2.10. The zero-order valence-electron chi connectivity index (χ0n) is 9.75. The molecule has 0 saturated heterocycles. The predicted octanol–water partition coefficient (Wildman–Crippen LogP) is 2.71. The van der Waals surface area contributed by atoms with Crippen molar-refractivity contribution in [1.29, 1.82) is 0 Å². The molecule has 1 aromatic rings. The van der Waals surface area contributed by atoms with Crippen molar-refractivity contribution in [2.75, 3.05) is 11.9 Å². The van der Waals surface area contributed by atoms with E-state index in [1.165, 1.54) is 0 Å². The second kappa shape index (κ2) is 5.80. The van der Waals surface area contributed by atoms with Gasteiger partial charge in [0.1, 0.15) is 16.8 Å². The Hall–Kier alpha value is -1.16. The highest BCUT2D eigenvalue weighted by Crippen LogP contribution is 2.19. The van der Waals surface area contributed by atoms with Crippen LogP contribution in [0.15, 0.2) is 0 Å². The van der Waals surface area contributed by atoms with Crippen LogP contribution in [-0.2, 0) is 0 Å². The Kier molecular flexibility index (Phi) is 4.68. The maximum atomic E-state index is 10.9. The van der Waals surface area contributed by atoms with E-state index in [0.717, 1.165) is 13.0 Å². The number of rotatable bonds is 5. The average Bonchev–Trinajstić information content (AvgIpc) is 2.16. The van der Waals surface area contributed by atoms with Gasteiger partial charge >= 0.3 is 0 Å². The number of nitrogens with one attached hydrogen (secondary N) is 1. The Balaban J connectivity index is 2.81. The lowest BCUT2D eigenvalue weighted by molar-refractivity contribution is 0.112. The zero-order valence-corrected chi connectivity index (χ0v) is 10.5. The molecule has 1 aromatic heterocycles. The van der Waals surface area contributed by atoms with Gasteiger partial charge in [-0.1, -0.05) is 25.4 Å². The molecule has 5 heteroatoms. The molecule has 1 rings (SSSR count). The van der Waals surface area contributed by atoms with E-state index in [9.17, 15) is 4.79 Å². The largest absolute Gasteiger partial charge is 0.369 e. The molecule has 0 aromatic carbocycles. The summed E-state index contributed by atoms with van der Waals surface area (Å²) in [6.45, 7) is 6.79. The van der Waals surface area contributed by atoms with Gasteiger partial charge in [0.25, 0.3) is 0 Å². The van der Waals surface area contributed by atoms with E-state index in [1.54, 1.807) is 6.92 Å². The van der Waals surface area contributed by atoms with Crippen molar-refractivity contribution in [2.45, 2.75) is 27.2 Å². The van der Waals surface area contributed by atoms with Crippen LogP contribution in [0, 0.1) is 12.8 Å². The third kappa shape index (κ3) is 3.45. The molecule has 1 N–H and O–H groups in total. The molecule has 1 heterocycles. The van der Waals surface area contributed by atoms with Crippen LogP contribution in [0.25, 0.3) is 0 Å². The smallest absolute Gasteiger partial charge is 0.156 e. The fraction of sp³-hybridized carbons (Fsp3) is 0.545. The van der Waals surface area contributed by atoms with Crippen molar-refractivity contribution >= 4 is 23.7 Å². The van der Waals surface area contributed by atoms with Crippen molar-refractivity contribution in [2.24, 2.45) is 5.92 Å². The number of aromatic nitrogens is 2. The molecule has 0 unspecified atom stereocenters. The van der Waals surface area contributed by atoms with Crippen LogP contribution in [0.4, 0.5) is 5.82 Å². The first-order valence-electron chi connectivity index (χ1n) is 5.27. The normalized spacial score (nSPS) is 10.6. The summed E-state index contributed by atoms with van der Waals surface area (Å²) in [5, 5.41) is 3.31. The molecule has 0 saturated carbocycles. The van der Waals surface area contributed by atoms with E-state index in [-0.39, 0.29) is 5.15 Å². The number of nitrogens with zero attached hydrogens (tertiary/aromatic N) is 2. The van der Waals surface area contributed by atoms with Crippen LogP contribution in [0.2, 0.25) is 5.15 Å². The highest BCUT2D eigenvalue weighted by molar-refractivity contribution is 6.32. The van der Waals surface area contributed by atoms with Gasteiger partial charge in [-0.3, -0.25) is 4.79 Å². The minimum absolute atomic E-state index is 0.203. The maximum absolute atomic E-state index is 10.9. The molecule has 0 aliphatic carbocycles. The monoisotopic (exact) mass is 241 g/mol. The second-order valence-corrected chi connectivity index (χ2v) is 4.41. The predicted molar refractivity (Wildman–Crippen MR) is 65.1 cm³/mol. The minimum Gasteiger partial charge on any atom is -0.369 e. The molecule has 88 valence electrons. The molecule has 0 spiro atoms. The van der Waals surface area contributed by atoms with Crippen LogP contribution in [-0.4, -0.2) is 22.8 Å². The second-order valence-electron chi connectivity index (χ2n) is 4.05. The molecule has 0 aliphatic rings. The van der Waals surface area contributed by atoms with E-state index in [4.69, 9.17) is 11.6 Å². The van der Waals surface area contributed by atoms with Gasteiger partial charge in [0.15, 0.2) is 6.29 Å². The van der Waals surface area contributed by atoms with Gasteiger partial charge < -0.3 is 5.32 Å². The van der Waals surface area contributed by atoms with Gasteiger partial charge in [-0.15, -0.1) is 0 Å². The molecule has 4 nitrogen and oxygen atoms in total. The fourth-order valence-electron chi connectivity index (χ4n) is 1.27. The number of hydrogen-bond acceptors (Lipinski definition) is 4. The summed E-state index contributed by atoms with van der Waals surface area (Å²) in [6.07, 6.45) is 1.69. The van der Waals surface area contributed by atoms with Crippen LogP contribution in [0.3, 0.4) is 0 Å². The molecule has 0 aliphatic heterocycles. The Morgan fingerprint density at radius 3 is 2.69 bits per heavy atom. The van der Waals surface area contributed by atoms with E-state index < -0.39 is 0 Å². The summed E-state index contributed by atoms with van der Waals surface area (Å²) in [4.78, 5) is 18.9. The number of halogens is 1. The van der Waals surface area contributed by atoms with Gasteiger partial charge in [-0.05, 0) is 19.3 Å². The Morgan fingerprint density at radius 1 is 1.44 bits per heavy atom. The van der Waals surface area contributed by atoms with E-state index in [0.29, 0.717) is 29.4 Å². The standard InChI is InChI=1S/C11H16ClN3O/c1-7(2)4-5-13-11-9(6-16)10(12)14-8(3)15-11/h6-7H,4-5H2,1-3H3,(H,13,14,15). The van der Waals surface area contributed by atoms with Gasteiger partial charge in [0.2, 0.25) is 0 Å². The van der Waals surface area contributed by atoms with E-state index >= 15 is 0 Å². The van der Waals surface area contributed by atoms with Crippen molar-refractivity contribution in [3.8, 4) is 0 Å². The topological polar surface area (TPSA) is 54.9 Å². The number of hydrogen-bond donors (Lipinski definition) is 1. The summed E-state index contributed by atoms with van der Waals surface area (Å²) < 4.78 is 0. The number of aldehydes is 1. The van der Waals surface area contributed by atoms with Crippen molar-refractivity contribution in [3.05, 3.63) is 16.5 Å². The number of aryl methyl sites for hydroxylation is 1. The lowest BCUT2D eigenvalue weighted by Crippen LogP contribution is -2.10. The van der Waals surface area contributed by atoms with Gasteiger partial charge in [0.05, 0.1) is 5.56 Å². The van der Waals surface area contributed by atoms with Crippen molar-refractivity contribution < 1.29 is 4.79 Å². The third-order valence-electron chi connectivity index (χ3n) is 2.14. The first-order valence-corrected chi connectivity index (χ1v) is 5.65. The van der Waals surface area contributed by atoms with E-state index in [2.05, 4.69) is 29.1 Å². The number of carbonyl (C=O) groups is 1. The summed E-state index contributed by atoms with van der Waals surface area (Å²) in [5.41, 5.74) is 0.330. The third-order valence-corrected chi connectivity index (χ3v) is 2.43. The van der Waals surface area contributed by atoms with Crippen molar-refractivity contribution in [3.63, 3.8) is 0 Å². The van der Waals surface area contributed by atoms with Crippen LogP contribution < -0.4 is 5.32 Å². The summed E-state index contributed by atoms with van der Waals surface area (Å²) in [6, 6.07) is 0. The molecule has 16 heavy (non-hydrogen) atoms. The van der Waals surface area contributed by atoms with Crippen LogP contribution in [0.1, 0.15) is 36.5 Å². The minimum atomic E-state index is 0.203. The van der Waals surface area contributed by atoms with E-state index in [1.807, 2.05) is 0 Å². The maximum Gasteiger partial charge on any atom is 0.156 e. The van der Waals surface area contributed by atoms with Crippen molar-refractivity contribution in [1.82, 2.24) is 9.97 Å². The molecule has 0 atom stereocenters. The summed E-state index contributed by atoms with van der Waals surface area (Å²) >= 11 is 5.85. The molecule has 0 fully saturated rings. The quantitative estimate of drug-likeness (QED) is 0.636. The number of carbonyl (C=O) groups excluding carboxylic acids is 1. The van der Waals surface area contributed by atoms with Crippen LogP contribution in [0.5, 0.6) is 0 Å². The summed E-state index contributed by atoms with van der Waals surface area (Å²) in [7, 11) is 0. The Labute approximate surface area is 100 Å². The van der Waals surface area contributed by atoms with Gasteiger partial charge in [-0.25, -0.2) is 9.97 Å². The number of anilines is 1. The summed E-state index contributed by atoms with van der Waals surface area (Å²) in [5.74, 6) is 1.68. The highest BCUT2D eigenvalue weighted by atomic mass is 35.5. The fourth-order valence-corrected chi connectivity index (χ4v) is 1.52. The molecular formula is C11H16ClN3O. The Bertz CT molecular complexity index is 380. The molecule has 0 amide bonds. The lowest BCUT2D eigenvalue weighted by atomic mass is 10.1. The Morgan fingerprint density at radius 2 is 2.12 bits per heavy atom. The SMILES string of the molecule is Cc1nc(Cl)c(C=O)c(NCCC(C)C)n1. The molecule has 0 bridgehead atoms. The molecule has 0 radical (unpaired) electrons. The first-order chi connectivity index (χ1) is 7.54. The van der Waals surface area contributed by atoms with Gasteiger partial charge in [-0.2, -0.15) is 0 Å². The first kappa shape index (κ1) is 12.9. The van der Waals surface area contributed by atoms with Crippen LogP contribution >= 0.6 is 11.6 Å². The van der Waals surface area contributed by atoms with Gasteiger partial charge in [0, 0.05) is 6.54 Å². The molecular weight excluding hydrogens is 226 g/mol. The zero-order chi connectivity index (χ0) is 12.1. The highest BCUT2D eigenvalue weighted by Gasteiger charge is 2.10. The average molecular weight is 242 g/mol.